The molecule has 5 aliphatic rings. The molecule has 164 valence electrons. The van der Waals surface area contributed by atoms with Gasteiger partial charge in [0.2, 0.25) is 0 Å². The van der Waals surface area contributed by atoms with Crippen molar-refractivity contribution in [2.45, 2.75) is 90.1 Å². The van der Waals surface area contributed by atoms with E-state index in [9.17, 15) is 10.2 Å². The maximum atomic E-state index is 12.2. The van der Waals surface area contributed by atoms with Gasteiger partial charge in [0.05, 0.1) is 24.9 Å². The zero-order chi connectivity index (χ0) is 20.4. The second-order valence-electron chi connectivity index (χ2n) is 11.3. The SMILES string of the molecule is C/C=C/[C@H]1CC[C@]2(O)[C@@H]3CC[C@@H]4C[C@H](O)C(C5OCCO5)C[C@]4(C)[C@H]3CC[C@]12C. The van der Waals surface area contributed by atoms with Crippen LogP contribution in [0.1, 0.15) is 72.1 Å². The van der Waals surface area contributed by atoms with Gasteiger partial charge in [-0.1, -0.05) is 26.0 Å². The van der Waals surface area contributed by atoms with Crippen molar-refractivity contribution in [3.05, 3.63) is 12.2 Å². The van der Waals surface area contributed by atoms with E-state index in [0.29, 0.717) is 36.9 Å². The smallest absolute Gasteiger partial charge is 0.163 e. The van der Waals surface area contributed by atoms with Crippen molar-refractivity contribution < 1.29 is 19.7 Å². The molecule has 2 N–H and O–H groups in total. The topological polar surface area (TPSA) is 58.9 Å². The second-order valence-corrected chi connectivity index (χ2v) is 11.3. The third-order valence-electron chi connectivity index (χ3n) is 10.4. The van der Waals surface area contributed by atoms with Gasteiger partial charge in [0, 0.05) is 11.3 Å². The van der Waals surface area contributed by atoms with Gasteiger partial charge in [-0.3, -0.25) is 0 Å². The van der Waals surface area contributed by atoms with E-state index in [1.165, 1.54) is 6.42 Å². The van der Waals surface area contributed by atoms with Crippen LogP contribution in [0.25, 0.3) is 0 Å². The molecule has 0 aromatic rings. The molecule has 0 aromatic carbocycles. The number of rotatable bonds is 2. The Balaban J connectivity index is 1.44. The van der Waals surface area contributed by atoms with Crippen LogP contribution in [0.3, 0.4) is 0 Å². The second kappa shape index (κ2) is 7.05. The van der Waals surface area contributed by atoms with E-state index in [2.05, 4.69) is 32.9 Å². The first kappa shape index (κ1) is 20.5. The molecule has 0 amide bonds. The number of aliphatic hydroxyl groups excluding tert-OH is 1. The molecule has 0 radical (unpaired) electrons. The van der Waals surface area contributed by atoms with E-state index in [-0.39, 0.29) is 29.1 Å². The van der Waals surface area contributed by atoms with E-state index < -0.39 is 5.60 Å². The maximum absolute atomic E-state index is 12.2. The van der Waals surface area contributed by atoms with Crippen LogP contribution in [0.5, 0.6) is 0 Å². The maximum Gasteiger partial charge on any atom is 0.163 e. The molecule has 1 heterocycles. The van der Waals surface area contributed by atoms with E-state index in [1.807, 2.05) is 0 Å². The molecular formula is C25H40O4. The molecule has 4 aliphatic carbocycles. The minimum Gasteiger partial charge on any atom is -0.393 e. The lowest BCUT2D eigenvalue weighted by Crippen LogP contribution is -2.63. The summed E-state index contributed by atoms with van der Waals surface area (Å²) in [5, 5.41) is 23.1. The van der Waals surface area contributed by atoms with E-state index >= 15 is 0 Å². The highest BCUT2D eigenvalue weighted by atomic mass is 16.7. The summed E-state index contributed by atoms with van der Waals surface area (Å²) >= 11 is 0. The fourth-order valence-electron chi connectivity index (χ4n) is 8.80. The molecular weight excluding hydrogens is 364 g/mol. The van der Waals surface area contributed by atoms with Gasteiger partial charge in [-0.15, -0.1) is 0 Å². The highest BCUT2D eigenvalue weighted by Gasteiger charge is 2.67. The Kier molecular flexibility index (Phi) is 4.98. The third-order valence-corrected chi connectivity index (χ3v) is 10.4. The Hall–Kier alpha value is -0.420. The zero-order valence-corrected chi connectivity index (χ0v) is 18.5. The largest absolute Gasteiger partial charge is 0.393 e. The molecule has 29 heavy (non-hydrogen) atoms. The minimum atomic E-state index is -0.542. The molecule has 1 aliphatic heterocycles. The van der Waals surface area contributed by atoms with Crippen LogP contribution in [0.4, 0.5) is 0 Å². The van der Waals surface area contributed by atoms with Gasteiger partial charge in [0.15, 0.2) is 6.29 Å². The van der Waals surface area contributed by atoms with Crippen LogP contribution in [0, 0.1) is 40.4 Å². The zero-order valence-electron chi connectivity index (χ0n) is 18.5. The van der Waals surface area contributed by atoms with Gasteiger partial charge in [-0.05, 0) is 87.4 Å². The third kappa shape index (κ3) is 2.78. The number of aliphatic hydroxyl groups is 2. The molecule has 1 saturated heterocycles. The van der Waals surface area contributed by atoms with Gasteiger partial charge in [0.1, 0.15) is 0 Å². The summed E-state index contributed by atoms with van der Waals surface area (Å²) in [5.41, 5.74) is -0.368. The highest BCUT2D eigenvalue weighted by Crippen LogP contribution is 2.69. The predicted octanol–water partition coefficient (Wildman–Crippen LogP) is 4.30. The number of hydrogen-bond donors (Lipinski definition) is 2. The molecule has 4 nitrogen and oxygen atoms in total. The van der Waals surface area contributed by atoms with Gasteiger partial charge in [-0.2, -0.15) is 0 Å². The molecule has 4 saturated carbocycles. The number of ether oxygens (including phenoxy) is 2. The van der Waals surface area contributed by atoms with Crippen LogP contribution >= 0.6 is 0 Å². The summed E-state index contributed by atoms with van der Waals surface area (Å²) in [6.45, 7) is 8.23. The van der Waals surface area contributed by atoms with Gasteiger partial charge >= 0.3 is 0 Å². The summed E-state index contributed by atoms with van der Waals surface area (Å²) in [6.07, 6.45) is 12.4. The van der Waals surface area contributed by atoms with Crippen molar-refractivity contribution >= 4 is 0 Å². The lowest BCUT2D eigenvalue weighted by Gasteiger charge is -2.64. The van der Waals surface area contributed by atoms with Crippen LogP contribution in [-0.2, 0) is 9.47 Å². The molecule has 0 bridgehead atoms. The number of hydrogen-bond acceptors (Lipinski definition) is 4. The van der Waals surface area contributed by atoms with E-state index in [0.717, 1.165) is 44.9 Å². The summed E-state index contributed by atoms with van der Waals surface area (Å²) < 4.78 is 11.7. The van der Waals surface area contributed by atoms with Crippen molar-refractivity contribution in [2.24, 2.45) is 40.4 Å². The Bertz CT molecular complexity index is 657. The van der Waals surface area contributed by atoms with Crippen LogP contribution < -0.4 is 0 Å². The van der Waals surface area contributed by atoms with Gasteiger partial charge < -0.3 is 19.7 Å². The monoisotopic (exact) mass is 404 g/mol. The van der Waals surface area contributed by atoms with Crippen LogP contribution in [0.15, 0.2) is 12.2 Å². The molecule has 9 atom stereocenters. The Labute approximate surface area is 176 Å². The first-order valence-electron chi connectivity index (χ1n) is 12.1. The highest BCUT2D eigenvalue weighted by molar-refractivity contribution is 5.19. The normalized spacial score (nSPS) is 55.6. The average Bonchev–Trinajstić information content (AvgIpc) is 3.30. The minimum absolute atomic E-state index is 0.00906. The first-order valence-corrected chi connectivity index (χ1v) is 12.1. The molecule has 5 fully saturated rings. The lowest BCUT2D eigenvalue weighted by molar-refractivity contribution is -0.227. The Morgan fingerprint density at radius 3 is 2.45 bits per heavy atom. The molecule has 5 rings (SSSR count). The molecule has 0 spiro atoms. The fraction of sp³-hybridized carbons (Fsp3) is 0.920. The lowest BCUT2D eigenvalue weighted by atomic mass is 9.42. The quantitative estimate of drug-likeness (QED) is 0.674. The standard InChI is InChI=1S/C25H40O4/c1-4-5-16-8-11-25(27)20-7-6-17-14-21(26)18(22-28-12-13-29-22)15-23(17,2)19(20)9-10-24(16,25)3/h4-5,16-22,26-27H,6-15H2,1-3H3/b5-4+/t16-,17+,18?,19-,20+,21-,23-,24+,25-/m0/s1. The number of fused-ring (bicyclic) bond motifs is 5. The van der Waals surface area contributed by atoms with Crippen molar-refractivity contribution in [1.82, 2.24) is 0 Å². The summed E-state index contributed by atoms with van der Waals surface area (Å²) in [6, 6.07) is 0. The van der Waals surface area contributed by atoms with E-state index in [4.69, 9.17) is 9.47 Å². The summed E-state index contributed by atoms with van der Waals surface area (Å²) in [4.78, 5) is 0. The van der Waals surface area contributed by atoms with Crippen LogP contribution in [0.2, 0.25) is 0 Å². The fourth-order valence-corrected chi connectivity index (χ4v) is 8.80. The predicted molar refractivity (Wildman–Crippen MR) is 112 cm³/mol. The average molecular weight is 405 g/mol. The van der Waals surface area contributed by atoms with Crippen LogP contribution in [-0.4, -0.2) is 41.4 Å². The van der Waals surface area contributed by atoms with Gasteiger partial charge in [0.25, 0.3) is 0 Å². The molecule has 0 aromatic heterocycles. The van der Waals surface area contributed by atoms with Gasteiger partial charge in [-0.25, -0.2) is 0 Å². The Morgan fingerprint density at radius 1 is 0.966 bits per heavy atom. The first-order chi connectivity index (χ1) is 13.8. The summed E-state index contributed by atoms with van der Waals surface area (Å²) in [7, 11) is 0. The molecule has 1 unspecified atom stereocenters. The number of allylic oxidation sites excluding steroid dienone is 2. The van der Waals surface area contributed by atoms with E-state index in [1.54, 1.807) is 0 Å². The van der Waals surface area contributed by atoms with Crippen molar-refractivity contribution in [2.75, 3.05) is 13.2 Å². The van der Waals surface area contributed by atoms with Crippen molar-refractivity contribution in [3.8, 4) is 0 Å². The van der Waals surface area contributed by atoms with Crippen molar-refractivity contribution in [1.29, 1.82) is 0 Å². The summed E-state index contributed by atoms with van der Waals surface area (Å²) in [5.74, 6) is 2.06. The van der Waals surface area contributed by atoms with Crippen molar-refractivity contribution in [3.63, 3.8) is 0 Å². The molecule has 4 heteroatoms. The Morgan fingerprint density at radius 2 is 1.72 bits per heavy atom.